The van der Waals surface area contributed by atoms with Gasteiger partial charge in [0.1, 0.15) is 5.69 Å². The van der Waals surface area contributed by atoms with E-state index in [-0.39, 0.29) is 0 Å². The molecule has 0 spiro atoms. The molecule has 0 saturated carbocycles. The highest BCUT2D eigenvalue weighted by atomic mass is 16.5. The van der Waals surface area contributed by atoms with Crippen molar-refractivity contribution in [3.8, 4) is 5.88 Å². The van der Waals surface area contributed by atoms with Gasteiger partial charge in [-0.2, -0.15) is 0 Å². The molecule has 0 bridgehead atoms. The average Bonchev–Trinajstić information content (AvgIpc) is 2.08. The summed E-state index contributed by atoms with van der Waals surface area (Å²) >= 11 is 0. The van der Waals surface area contributed by atoms with Crippen molar-refractivity contribution >= 4 is 0 Å². The van der Waals surface area contributed by atoms with Gasteiger partial charge in [-0.25, -0.2) is 4.98 Å². The zero-order valence-corrected chi connectivity index (χ0v) is 7.79. The van der Waals surface area contributed by atoms with Crippen LogP contribution in [0, 0.1) is 6.92 Å². The fourth-order valence-corrected chi connectivity index (χ4v) is 1.05. The van der Waals surface area contributed by atoms with E-state index in [4.69, 9.17) is 4.74 Å². The molecule has 0 N–H and O–H groups in total. The third-order valence-electron chi connectivity index (χ3n) is 1.61. The summed E-state index contributed by atoms with van der Waals surface area (Å²) in [4.78, 5) is 8.48. The van der Waals surface area contributed by atoms with Crippen LogP contribution in [0.2, 0.25) is 0 Å². The molecule has 0 amide bonds. The van der Waals surface area contributed by atoms with Crippen LogP contribution >= 0.6 is 0 Å². The Bertz CT molecular complexity index is 261. The standard InChI is InChI=1S/C9H14N2O/c1-4-5-8-9(12-3)11-7(2)6-10-8/h6H,4-5H2,1-3H3. The highest BCUT2D eigenvalue weighted by molar-refractivity contribution is 5.19. The van der Waals surface area contributed by atoms with Gasteiger partial charge in [-0.3, -0.25) is 4.98 Å². The minimum Gasteiger partial charge on any atom is -0.480 e. The molecule has 0 saturated heterocycles. The highest BCUT2D eigenvalue weighted by Crippen LogP contribution is 2.13. The van der Waals surface area contributed by atoms with Gasteiger partial charge in [0.2, 0.25) is 5.88 Å². The SMILES string of the molecule is CCCc1ncc(C)nc1OC. The molecule has 0 aromatic carbocycles. The van der Waals surface area contributed by atoms with Crippen molar-refractivity contribution in [1.29, 1.82) is 0 Å². The molecule has 66 valence electrons. The molecule has 0 atom stereocenters. The second-order valence-electron chi connectivity index (χ2n) is 2.72. The van der Waals surface area contributed by atoms with Crippen LogP contribution in [0.1, 0.15) is 24.7 Å². The number of aryl methyl sites for hydroxylation is 2. The lowest BCUT2D eigenvalue weighted by molar-refractivity contribution is 0.388. The molecule has 1 rings (SSSR count). The van der Waals surface area contributed by atoms with E-state index in [2.05, 4.69) is 16.9 Å². The first-order chi connectivity index (χ1) is 5.77. The second-order valence-corrected chi connectivity index (χ2v) is 2.72. The summed E-state index contributed by atoms with van der Waals surface area (Å²) in [6, 6.07) is 0. The monoisotopic (exact) mass is 166 g/mol. The van der Waals surface area contributed by atoms with Crippen LogP contribution < -0.4 is 4.74 Å². The van der Waals surface area contributed by atoms with Gasteiger partial charge in [-0.05, 0) is 13.3 Å². The van der Waals surface area contributed by atoms with E-state index in [0.29, 0.717) is 5.88 Å². The van der Waals surface area contributed by atoms with Crippen LogP contribution in [0.15, 0.2) is 6.20 Å². The Labute approximate surface area is 72.8 Å². The van der Waals surface area contributed by atoms with E-state index >= 15 is 0 Å². The number of nitrogens with zero attached hydrogens (tertiary/aromatic N) is 2. The Balaban J connectivity index is 2.94. The van der Waals surface area contributed by atoms with E-state index in [1.165, 1.54) is 0 Å². The van der Waals surface area contributed by atoms with E-state index in [1.54, 1.807) is 13.3 Å². The molecule has 0 fully saturated rings. The third-order valence-corrected chi connectivity index (χ3v) is 1.61. The lowest BCUT2D eigenvalue weighted by atomic mass is 10.2. The smallest absolute Gasteiger partial charge is 0.235 e. The molecule has 0 aliphatic carbocycles. The van der Waals surface area contributed by atoms with Crippen molar-refractivity contribution in [2.24, 2.45) is 0 Å². The Hall–Kier alpha value is -1.12. The van der Waals surface area contributed by atoms with Gasteiger partial charge in [0.15, 0.2) is 0 Å². The van der Waals surface area contributed by atoms with E-state index < -0.39 is 0 Å². The van der Waals surface area contributed by atoms with Gasteiger partial charge in [0.25, 0.3) is 0 Å². The van der Waals surface area contributed by atoms with Crippen molar-refractivity contribution in [3.05, 3.63) is 17.6 Å². The largest absolute Gasteiger partial charge is 0.480 e. The molecule has 3 heteroatoms. The van der Waals surface area contributed by atoms with Crippen molar-refractivity contribution in [2.75, 3.05) is 7.11 Å². The van der Waals surface area contributed by atoms with E-state index in [1.807, 2.05) is 6.92 Å². The fraction of sp³-hybridized carbons (Fsp3) is 0.556. The van der Waals surface area contributed by atoms with Crippen LogP contribution in [0.25, 0.3) is 0 Å². The summed E-state index contributed by atoms with van der Waals surface area (Å²) in [5.74, 6) is 0.664. The van der Waals surface area contributed by atoms with E-state index in [0.717, 1.165) is 24.2 Å². The zero-order valence-electron chi connectivity index (χ0n) is 7.79. The molecule has 1 aromatic rings. The summed E-state index contributed by atoms with van der Waals surface area (Å²) in [6.07, 6.45) is 3.76. The van der Waals surface area contributed by atoms with Crippen molar-refractivity contribution in [1.82, 2.24) is 9.97 Å². The minimum atomic E-state index is 0.664. The highest BCUT2D eigenvalue weighted by Gasteiger charge is 2.04. The molecule has 0 aliphatic rings. The molecular formula is C9H14N2O. The van der Waals surface area contributed by atoms with Gasteiger partial charge in [-0.15, -0.1) is 0 Å². The molecule has 12 heavy (non-hydrogen) atoms. The number of hydrogen-bond donors (Lipinski definition) is 0. The minimum absolute atomic E-state index is 0.664. The topological polar surface area (TPSA) is 35.0 Å². The third kappa shape index (κ3) is 1.94. The van der Waals surface area contributed by atoms with Gasteiger partial charge in [-0.1, -0.05) is 13.3 Å². The van der Waals surface area contributed by atoms with Crippen LogP contribution in [0.5, 0.6) is 5.88 Å². The Kier molecular flexibility index (Phi) is 3.02. The maximum absolute atomic E-state index is 5.11. The lowest BCUT2D eigenvalue weighted by Crippen LogP contribution is -1.99. The first-order valence-electron chi connectivity index (χ1n) is 4.14. The second kappa shape index (κ2) is 4.04. The van der Waals surface area contributed by atoms with Crippen molar-refractivity contribution in [3.63, 3.8) is 0 Å². The average molecular weight is 166 g/mol. The van der Waals surface area contributed by atoms with Crippen LogP contribution in [-0.2, 0) is 6.42 Å². The van der Waals surface area contributed by atoms with Crippen LogP contribution in [0.3, 0.4) is 0 Å². The quantitative estimate of drug-likeness (QED) is 0.686. The molecule has 1 heterocycles. The Morgan fingerprint density at radius 1 is 1.50 bits per heavy atom. The van der Waals surface area contributed by atoms with Crippen LogP contribution in [-0.4, -0.2) is 17.1 Å². The van der Waals surface area contributed by atoms with Gasteiger partial charge >= 0.3 is 0 Å². The fourth-order valence-electron chi connectivity index (χ4n) is 1.05. The zero-order chi connectivity index (χ0) is 8.97. The number of aromatic nitrogens is 2. The summed E-state index contributed by atoms with van der Waals surface area (Å²) in [5.41, 5.74) is 1.84. The number of methoxy groups -OCH3 is 1. The normalized spacial score (nSPS) is 9.92. The van der Waals surface area contributed by atoms with Gasteiger partial charge < -0.3 is 4.74 Å². The van der Waals surface area contributed by atoms with E-state index in [9.17, 15) is 0 Å². The first kappa shape index (κ1) is 8.97. The summed E-state index contributed by atoms with van der Waals surface area (Å²) < 4.78 is 5.11. The molecule has 0 unspecified atom stereocenters. The maximum Gasteiger partial charge on any atom is 0.235 e. The number of hydrogen-bond acceptors (Lipinski definition) is 3. The lowest BCUT2D eigenvalue weighted by Gasteiger charge is -2.05. The molecule has 0 radical (unpaired) electrons. The first-order valence-corrected chi connectivity index (χ1v) is 4.14. The Morgan fingerprint density at radius 3 is 2.83 bits per heavy atom. The van der Waals surface area contributed by atoms with Gasteiger partial charge in [0.05, 0.1) is 12.8 Å². The predicted molar refractivity (Wildman–Crippen MR) is 47.3 cm³/mol. The van der Waals surface area contributed by atoms with Crippen LogP contribution in [0.4, 0.5) is 0 Å². The molecule has 0 aliphatic heterocycles. The summed E-state index contributed by atoms with van der Waals surface area (Å²) in [6.45, 7) is 4.02. The summed E-state index contributed by atoms with van der Waals surface area (Å²) in [7, 11) is 1.63. The maximum atomic E-state index is 5.11. The molecule has 1 aromatic heterocycles. The Morgan fingerprint density at radius 2 is 2.25 bits per heavy atom. The molecular weight excluding hydrogens is 152 g/mol. The predicted octanol–water partition coefficient (Wildman–Crippen LogP) is 1.75. The van der Waals surface area contributed by atoms with Gasteiger partial charge in [0, 0.05) is 6.20 Å². The molecule has 3 nitrogen and oxygen atoms in total. The summed E-state index contributed by atoms with van der Waals surface area (Å²) in [5, 5.41) is 0. The van der Waals surface area contributed by atoms with Crippen molar-refractivity contribution in [2.45, 2.75) is 26.7 Å². The number of rotatable bonds is 3. The number of ether oxygens (including phenoxy) is 1. The van der Waals surface area contributed by atoms with Crippen molar-refractivity contribution < 1.29 is 4.74 Å².